The predicted octanol–water partition coefficient (Wildman–Crippen LogP) is 2.51. The molecule has 0 saturated carbocycles. The van der Waals surface area contributed by atoms with Crippen LogP contribution in [0, 0.1) is 6.92 Å². The van der Waals surface area contributed by atoms with Crippen molar-refractivity contribution in [1.29, 1.82) is 0 Å². The second-order valence-corrected chi connectivity index (χ2v) is 7.27. The number of rotatable bonds is 7. The van der Waals surface area contributed by atoms with Crippen LogP contribution in [0.15, 0.2) is 39.5 Å². The molecule has 29 heavy (non-hydrogen) atoms. The smallest absolute Gasteiger partial charge is 0.282 e. The van der Waals surface area contributed by atoms with Gasteiger partial charge in [0.1, 0.15) is 10.7 Å². The Bertz CT molecular complexity index is 1120. The first-order valence-corrected chi connectivity index (χ1v) is 9.89. The highest BCUT2D eigenvalue weighted by Gasteiger charge is 2.11. The molecule has 0 spiro atoms. The molecule has 9 heteroatoms. The fourth-order valence-electron chi connectivity index (χ4n) is 2.53. The zero-order valence-corrected chi connectivity index (χ0v) is 17.5. The molecule has 1 amide bonds. The number of benzene rings is 1. The summed E-state index contributed by atoms with van der Waals surface area (Å²) < 4.78 is 12.5. The highest BCUT2D eigenvalue weighted by molar-refractivity contribution is 7.16. The number of hydrogen-bond acceptors (Lipinski definition) is 7. The third kappa shape index (κ3) is 4.62. The van der Waals surface area contributed by atoms with E-state index in [9.17, 15) is 9.59 Å². The van der Waals surface area contributed by atoms with Crippen LogP contribution < -0.4 is 15.0 Å². The van der Waals surface area contributed by atoms with Crippen molar-refractivity contribution in [2.24, 2.45) is 5.10 Å². The molecule has 8 nitrogen and oxygen atoms in total. The van der Waals surface area contributed by atoms with E-state index in [1.54, 1.807) is 51.5 Å². The number of carbonyl (C=O) groups is 1. The van der Waals surface area contributed by atoms with Crippen LogP contribution in [0.25, 0.3) is 10.2 Å². The molecule has 0 radical (unpaired) electrons. The number of fused-ring (bicyclic) bond motifs is 1. The normalized spacial score (nSPS) is 11.2. The zero-order valence-electron chi connectivity index (χ0n) is 16.7. The van der Waals surface area contributed by atoms with Crippen LogP contribution in [-0.2, 0) is 4.79 Å². The van der Waals surface area contributed by atoms with E-state index >= 15 is 0 Å². The number of hydrogen-bond donors (Lipinski definition) is 0. The van der Waals surface area contributed by atoms with Crippen LogP contribution in [0.4, 0.5) is 0 Å². The summed E-state index contributed by atoms with van der Waals surface area (Å²) in [5.74, 6) is 1.32. The molecule has 0 aliphatic carbocycles. The van der Waals surface area contributed by atoms with Gasteiger partial charge in [-0.05, 0) is 49.1 Å². The lowest BCUT2D eigenvalue weighted by Crippen LogP contribution is -2.27. The first-order chi connectivity index (χ1) is 13.9. The molecule has 0 saturated heterocycles. The molecule has 0 bridgehead atoms. The van der Waals surface area contributed by atoms with E-state index < -0.39 is 0 Å². The summed E-state index contributed by atoms with van der Waals surface area (Å²) in [7, 11) is 3.34. The molecule has 2 heterocycles. The second-order valence-electron chi connectivity index (χ2n) is 6.38. The minimum atomic E-state index is -0.211. The summed E-state index contributed by atoms with van der Waals surface area (Å²) in [6.07, 6.45) is 1.56. The molecule has 1 aromatic carbocycles. The molecule has 3 aromatic rings. The van der Waals surface area contributed by atoms with Gasteiger partial charge >= 0.3 is 0 Å². The second kappa shape index (κ2) is 8.87. The lowest BCUT2D eigenvalue weighted by Gasteiger charge is -2.14. The lowest BCUT2D eigenvalue weighted by atomic mass is 10.2. The van der Waals surface area contributed by atoms with Crippen LogP contribution >= 0.6 is 11.3 Å². The maximum atomic E-state index is 12.6. The minimum Gasteiger partial charge on any atom is -0.490 e. The van der Waals surface area contributed by atoms with Crippen molar-refractivity contribution in [3.63, 3.8) is 0 Å². The topological polar surface area (TPSA) is 86.0 Å². The van der Waals surface area contributed by atoms with E-state index in [1.165, 1.54) is 20.9 Å². The van der Waals surface area contributed by atoms with Crippen LogP contribution in [0.1, 0.15) is 18.3 Å². The molecule has 0 aliphatic heterocycles. The van der Waals surface area contributed by atoms with Gasteiger partial charge in [-0.1, -0.05) is 0 Å². The number of carbonyl (C=O) groups excluding carboxylic acids is 1. The summed E-state index contributed by atoms with van der Waals surface area (Å²) in [6, 6.07) is 6.98. The molecule has 0 unspecified atom stereocenters. The van der Waals surface area contributed by atoms with Gasteiger partial charge in [-0.25, -0.2) is 4.98 Å². The van der Waals surface area contributed by atoms with Gasteiger partial charge in [-0.2, -0.15) is 9.78 Å². The molecule has 2 aromatic heterocycles. The average molecular weight is 414 g/mol. The van der Waals surface area contributed by atoms with E-state index in [4.69, 9.17) is 9.47 Å². The Kier molecular flexibility index (Phi) is 6.28. The standard InChI is InChI=1S/C20H22N4O4S/c1-5-27-17-10-14(6-7-16(17)28-12-18(25)23(3)4)11-21-24-13(2)22-19-15(20(24)26)8-9-29-19/h6-11H,5,12H2,1-4H3. The van der Waals surface area contributed by atoms with Gasteiger partial charge in [0.15, 0.2) is 18.1 Å². The summed E-state index contributed by atoms with van der Waals surface area (Å²) in [4.78, 5) is 30.9. The number of likely N-dealkylation sites (N-methyl/N-ethyl adjacent to an activating group) is 1. The maximum Gasteiger partial charge on any atom is 0.282 e. The first-order valence-electron chi connectivity index (χ1n) is 9.01. The van der Waals surface area contributed by atoms with E-state index in [0.717, 1.165) is 5.56 Å². The molecule has 152 valence electrons. The molecule has 0 N–H and O–H groups in total. The molecular formula is C20H22N4O4S. The van der Waals surface area contributed by atoms with E-state index in [1.807, 2.05) is 12.3 Å². The summed E-state index contributed by atoms with van der Waals surface area (Å²) in [5, 5.41) is 6.68. The van der Waals surface area contributed by atoms with E-state index in [2.05, 4.69) is 10.1 Å². The Balaban J connectivity index is 1.87. The Labute approximate surface area is 172 Å². The number of amides is 1. The molecule has 0 atom stereocenters. The van der Waals surface area contributed by atoms with E-state index in [-0.39, 0.29) is 18.1 Å². The summed E-state index contributed by atoms with van der Waals surface area (Å²) in [5.41, 5.74) is 0.508. The number of ether oxygens (including phenoxy) is 2. The van der Waals surface area contributed by atoms with Gasteiger partial charge in [0.2, 0.25) is 0 Å². The highest BCUT2D eigenvalue weighted by atomic mass is 32.1. The van der Waals surface area contributed by atoms with Gasteiger partial charge in [0.25, 0.3) is 11.5 Å². The van der Waals surface area contributed by atoms with E-state index in [0.29, 0.717) is 34.1 Å². The predicted molar refractivity (Wildman–Crippen MR) is 113 cm³/mol. The van der Waals surface area contributed by atoms with Crippen molar-refractivity contribution >= 4 is 33.7 Å². The Morgan fingerprint density at radius 2 is 2.07 bits per heavy atom. The van der Waals surface area contributed by atoms with Crippen LogP contribution in [0.5, 0.6) is 11.5 Å². The van der Waals surface area contributed by atoms with Gasteiger partial charge < -0.3 is 14.4 Å². The molecule has 3 rings (SSSR count). The fraction of sp³-hybridized carbons (Fsp3) is 0.300. The van der Waals surface area contributed by atoms with Crippen LogP contribution in [0.2, 0.25) is 0 Å². The number of nitrogens with zero attached hydrogens (tertiary/aromatic N) is 4. The van der Waals surface area contributed by atoms with Crippen LogP contribution in [-0.4, -0.2) is 54.0 Å². The number of aromatic nitrogens is 2. The molecule has 0 aliphatic rings. The number of thiophene rings is 1. The van der Waals surface area contributed by atoms with Crippen molar-refractivity contribution in [1.82, 2.24) is 14.6 Å². The average Bonchev–Trinajstić information content (AvgIpc) is 3.15. The van der Waals surface area contributed by atoms with Gasteiger partial charge in [0, 0.05) is 14.1 Å². The summed E-state index contributed by atoms with van der Waals surface area (Å²) >= 11 is 1.42. The molecule has 0 fully saturated rings. The highest BCUT2D eigenvalue weighted by Crippen LogP contribution is 2.28. The third-order valence-electron chi connectivity index (χ3n) is 4.08. The monoisotopic (exact) mass is 414 g/mol. The van der Waals surface area contributed by atoms with Gasteiger partial charge in [-0.15, -0.1) is 11.3 Å². The SMILES string of the molecule is CCOc1cc(C=Nn2c(C)nc3sccc3c2=O)ccc1OCC(=O)N(C)C. The van der Waals surface area contributed by atoms with Crippen molar-refractivity contribution in [2.45, 2.75) is 13.8 Å². The quantitative estimate of drug-likeness (QED) is 0.555. The van der Waals surface area contributed by atoms with Crippen molar-refractivity contribution < 1.29 is 14.3 Å². The fourth-order valence-corrected chi connectivity index (χ4v) is 3.33. The third-order valence-corrected chi connectivity index (χ3v) is 4.88. The summed E-state index contributed by atoms with van der Waals surface area (Å²) in [6.45, 7) is 3.96. The Morgan fingerprint density at radius 1 is 1.28 bits per heavy atom. The van der Waals surface area contributed by atoms with Gasteiger partial charge in [0.05, 0.1) is 18.2 Å². The van der Waals surface area contributed by atoms with Gasteiger partial charge in [-0.3, -0.25) is 9.59 Å². The zero-order chi connectivity index (χ0) is 21.0. The van der Waals surface area contributed by atoms with Crippen LogP contribution in [0.3, 0.4) is 0 Å². The maximum absolute atomic E-state index is 12.6. The molecular weight excluding hydrogens is 392 g/mol. The Morgan fingerprint density at radius 3 is 2.79 bits per heavy atom. The lowest BCUT2D eigenvalue weighted by molar-refractivity contribution is -0.130. The number of aryl methyl sites for hydroxylation is 1. The van der Waals surface area contributed by atoms with Crippen molar-refractivity contribution in [3.8, 4) is 11.5 Å². The first kappa shape index (κ1) is 20.5. The minimum absolute atomic E-state index is 0.0819. The van der Waals surface area contributed by atoms with Crippen molar-refractivity contribution in [3.05, 3.63) is 51.4 Å². The Hall–Kier alpha value is -3.20. The largest absolute Gasteiger partial charge is 0.490 e. The van der Waals surface area contributed by atoms with Crippen molar-refractivity contribution in [2.75, 3.05) is 27.3 Å².